The van der Waals surface area contributed by atoms with E-state index in [1.165, 1.54) is 0 Å². The highest BCUT2D eigenvalue weighted by Crippen LogP contribution is 1.95. The molecule has 15 heavy (non-hydrogen) atoms. The minimum atomic E-state index is -4.25. The van der Waals surface area contributed by atoms with E-state index in [4.69, 9.17) is 9.66 Å². The number of aliphatic carboxylic acids is 1. The Bertz CT molecular complexity index is 287. The Kier molecular flexibility index (Phi) is 6.46. The molecule has 1 atom stereocenters. The zero-order valence-electron chi connectivity index (χ0n) is 8.64. The summed E-state index contributed by atoms with van der Waals surface area (Å²) in [5, 5.41) is 11.2. The topological polar surface area (TPSA) is 104 Å². The lowest BCUT2D eigenvalue weighted by Crippen LogP contribution is -2.42. The van der Waals surface area contributed by atoms with Crippen molar-refractivity contribution >= 4 is 16.1 Å². The normalized spacial score (nSPS) is 13.7. The number of unbranched alkanes of at least 4 members (excludes halogenated alkanes) is 2. The number of carbonyl (C=O) groups is 1. The van der Waals surface area contributed by atoms with Crippen molar-refractivity contribution in [3.8, 4) is 0 Å². The molecule has 0 aliphatic carbocycles. The fourth-order valence-corrected chi connectivity index (χ4v) is 1.76. The molecule has 7 heteroatoms. The summed E-state index contributed by atoms with van der Waals surface area (Å²) in [5.41, 5.74) is 0. The van der Waals surface area contributed by atoms with E-state index in [1.54, 1.807) is 0 Å². The van der Waals surface area contributed by atoms with Crippen molar-refractivity contribution in [2.45, 2.75) is 32.2 Å². The second-order valence-corrected chi connectivity index (χ2v) is 4.80. The Morgan fingerprint density at radius 1 is 1.40 bits per heavy atom. The predicted octanol–water partition coefficient (Wildman–Crippen LogP) is 0.107. The Labute approximate surface area is 89.4 Å². The molecule has 0 aromatic heterocycles. The lowest BCUT2D eigenvalue weighted by atomic mass is 10.2. The first kappa shape index (κ1) is 14.3. The molecule has 90 valence electrons. The van der Waals surface area contributed by atoms with Crippen molar-refractivity contribution in [1.29, 1.82) is 0 Å². The van der Waals surface area contributed by atoms with Crippen LogP contribution >= 0.6 is 0 Å². The van der Waals surface area contributed by atoms with Gasteiger partial charge in [0.1, 0.15) is 11.8 Å². The molecule has 0 spiro atoms. The molecule has 0 fully saturated rings. The van der Waals surface area contributed by atoms with Gasteiger partial charge in [0, 0.05) is 0 Å². The number of carboxylic acids is 1. The zero-order valence-corrected chi connectivity index (χ0v) is 9.46. The zero-order chi connectivity index (χ0) is 11.9. The Balaban J connectivity index is 4.01. The molecule has 6 nitrogen and oxygen atoms in total. The van der Waals surface area contributed by atoms with E-state index in [2.05, 4.69) is 5.32 Å². The van der Waals surface area contributed by atoms with Gasteiger partial charge in [0.25, 0.3) is 10.1 Å². The van der Waals surface area contributed by atoms with Crippen LogP contribution in [0, 0.1) is 0 Å². The first-order valence-corrected chi connectivity index (χ1v) is 6.39. The molecule has 0 saturated carbocycles. The van der Waals surface area contributed by atoms with Crippen LogP contribution in [0.15, 0.2) is 0 Å². The maximum atomic E-state index is 10.6. The van der Waals surface area contributed by atoms with Gasteiger partial charge in [-0.15, -0.1) is 0 Å². The van der Waals surface area contributed by atoms with Gasteiger partial charge in [0.15, 0.2) is 0 Å². The van der Waals surface area contributed by atoms with Gasteiger partial charge in [-0.05, 0) is 13.0 Å². The number of hydrogen-bond acceptors (Lipinski definition) is 4. The molecular formula is C8H17NO5S. The first-order chi connectivity index (χ1) is 6.87. The van der Waals surface area contributed by atoms with Crippen molar-refractivity contribution in [1.82, 2.24) is 5.32 Å². The predicted molar refractivity (Wildman–Crippen MR) is 55.4 cm³/mol. The minimum Gasteiger partial charge on any atom is -0.480 e. The van der Waals surface area contributed by atoms with E-state index in [1.807, 2.05) is 6.92 Å². The lowest BCUT2D eigenvalue weighted by molar-refractivity contribution is -0.138. The monoisotopic (exact) mass is 239 g/mol. The maximum Gasteiger partial charge on any atom is 0.321 e. The molecule has 0 saturated heterocycles. The van der Waals surface area contributed by atoms with Crippen LogP contribution < -0.4 is 5.32 Å². The Hall–Kier alpha value is -0.660. The second-order valence-electron chi connectivity index (χ2n) is 3.30. The second kappa shape index (κ2) is 6.76. The third kappa shape index (κ3) is 8.34. The van der Waals surface area contributed by atoms with Crippen molar-refractivity contribution in [2.24, 2.45) is 0 Å². The summed E-state index contributed by atoms with van der Waals surface area (Å²) in [4.78, 5) is 10.6. The number of nitrogens with one attached hydrogen (secondary N) is 1. The molecular weight excluding hydrogens is 222 g/mol. The molecule has 0 radical (unpaired) electrons. The minimum absolute atomic E-state index is 0.431. The van der Waals surface area contributed by atoms with Crippen LogP contribution in [0.25, 0.3) is 0 Å². The first-order valence-electron chi connectivity index (χ1n) is 4.78. The summed E-state index contributed by atoms with van der Waals surface area (Å²) in [6.07, 6.45) is 2.73. The van der Waals surface area contributed by atoms with Gasteiger partial charge in [-0.3, -0.25) is 9.35 Å². The van der Waals surface area contributed by atoms with Crippen LogP contribution in [-0.4, -0.2) is 42.4 Å². The molecule has 0 aromatic rings. The molecule has 0 aliphatic heterocycles. The van der Waals surface area contributed by atoms with E-state index in [9.17, 15) is 13.2 Å². The van der Waals surface area contributed by atoms with Gasteiger partial charge in [-0.1, -0.05) is 19.8 Å². The molecule has 0 rings (SSSR count). The van der Waals surface area contributed by atoms with Crippen molar-refractivity contribution < 1.29 is 22.9 Å². The standard InChI is InChI=1S/C8H17NO5S/c1-2-3-4-5-9-7(8(10)11)6-15(12,13)14/h7,9H,2-6H2,1H3,(H,10,11)(H,12,13,14). The highest BCUT2D eigenvalue weighted by molar-refractivity contribution is 7.85. The third-order valence-corrected chi connectivity index (χ3v) is 2.60. The summed E-state index contributed by atoms with van der Waals surface area (Å²) >= 11 is 0. The molecule has 0 bridgehead atoms. The van der Waals surface area contributed by atoms with E-state index < -0.39 is 27.9 Å². The van der Waals surface area contributed by atoms with E-state index in [0.29, 0.717) is 6.54 Å². The third-order valence-electron chi connectivity index (χ3n) is 1.85. The van der Waals surface area contributed by atoms with E-state index in [0.717, 1.165) is 19.3 Å². The highest BCUT2D eigenvalue weighted by Gasteiger charge is 2.22. The van der Waals surface area contributed by atoms with Crippen LogP contribution in [0.3, 0.4) is 0 Å². The molecule has 0 aromatic carbocycles. The van der Waals surface area contributed by atoms with E-state index >= 15 is 0 Å². The fraction of sp³-hybridized carbons (Fsp3) is 0.875. The summed E-state index contributed by atoms with van der Waals surface area (Å²) in [7, 11) is -4.25. The van der Waals surface area contributed by atoms with Crippen LogP contribution in [-0.2, 0) is 14.9 Å². The van der Waals surface area contributed by atoms with Gasteiger partial charge in [0.2, 0.25) is 0 Å². The van der Waals surface area contributed by atoms with Gasteiger partial charge >= 0.3 is 5.97 Å². The summed E-state index contributed by atoms with van der Waals surface area (Å²) in [6, 6.07) is -1.24. The van der Waals surface area contributed by atoms with Gasteiger partial charge in [0.05, 0.1) is 0 Å². The highest BCUT2D eigenvalue weighted by atomic mass is 32.2. The van der Waals surface area contributed by atoms with Gasteiger partial charge in [-0.25, -0.2) is 0 Å². The number of carboxylic acid groups (broad SMARTS) is 1. The van der Waals surface area contributed by atoms with Crippen LogP contribution in [0.2, 0.25) is 0 Å². The van der Waals surface area contributed by atoms with Crippen molar-refractivity contribution in [3.05, 3.63) is 0 Å². The van der Waals surface area contributed by atoms with Gasteiger partial charge < -0.3 is 10.4 Å². The van der Waals surface area contributed by atoms with Crippen LogP contribution in [0.4, 0.5) is 0 Å². The molecule has 0 amide bonds. The summed E-state index contributed by atoms with van der Waals surface area (Å²) in [5.74, 6) is -2.07. The quantitative estimate of drug-likeness (QED) is 0.410. The maximum absolute atomic E-state index is 10.6. The largest absolute Gasteiger partial charge is 0.480 e. The molecule has 3 N–H and O–H groups in total. The number of rotatable bonds is 8. The number of hydrogen-bond donors (Lipinski definition) is 3. The van der Waals surface area contributed by atoms with Crippen molar-refractivity contribution in [2.75, 3.05) is 12.3 Å². The van der Waals surface area contributed by atoms with Crippen molar-refractivity contribution in [3.63, 3.8) is 0 Å². The van der Waals surface area contributed by atoms with E-state index in [-0.39, 0.29) is 0 Å². The molecule has 1 unspecified atom stereocenters. The Morgan fingerprint density at radius 2 is 2.00 bits per heavy atom. The van der Waals surface area contributed by atoms with Crippen LogP contribution in [0.5, 0.6) is 0 Å². The van der Waals surface area contributed by atoms with Gasteiger partial charge in [-0.2, -0.15) is 8.42 Å². The summed E-state index contributed by atoms with van der Waals surface area (Å²) in [6.45, 7) is 2.44. The SMILES string of the molecule is CCCCCNC(CS(=O)(=O)O)C(=O)O. The summed E-state index contributed by atoms with van der Waals surface area (Å²) < 4.78 is 29.5. The lowest BCUT2D eigenvalue weighted by Gasteiger charge is -2.12. The fourth-order valence-electron chi connectivity index (χ4n) is 1.08. The average Bonchev–Trinajstić information content (AvgIpc) is 2.08. The smallest absolute Gasteiger partial charge is 0.321 e. The Morgan fingerprint density at radius 3 is 2.40 bits per heavy atom. The molecule has 0 aliphatic rings. The average molecular weight is 239 g/mol. The molecule has 0 heterocycles. The van der Waals surface area contributed by atoms with Crippen LogP contribution in [0.1, 0.15) is 26.2 Å².